The maximum atomic E-state index is 13.3. The summed E-state index contributed by atoms with van der Waals surface area (Å²) in [6, 6.07) is 8.77. The molecule has 0 saturated carbocycles. The van der Waals surface area contributed by atoms with Crippen LogP contribution in [0.25, 0.3) is 0 Å². The topological polar surface area (TPSA) is 90.0 Å². The van der Waals surface area contributed by atoms with Gasteiger partial charge in [0.1, 0.15) is 5.82 Å². The van der Waals surface area contributed by atoms with Crippen LogP contribution in [0.4, 0.5) is 4.39 Å². The molecule has 0 amide bonds. The summed E-state index contributed by atoms with van der Waals surface area (Å²) in [6.07, 6.45) is 0.204. The lowest BCUT2D eigenvalue weighted by atomic mass is 10.1. The van der Waals surface area contributed by atoms with Gasteiger partial charge in [-0.05, 0) is 48.4 Å². The molecular formula is C19H22FNO6S2. The SMILES string of the molecule is COc1ccc(CN(C2CCS(=O)(=O)C2)S(=O)(=O)c2ccc(F)cc2)cc1OC. The summed E-state index contributed by atoms with van der Waals surface area (Å²) in [5, 5.41) is 0. The molecule has 0 aromatic heterocycles. The second kappa shape index (κ2) is 8.29. The van der Waals surface area contributed by atoms with Gasteiger partial charge in [-0.3, -0.25) is 0 Å². The van der Waals surface area contributed by atoms with E-state index in [2.05, 4.69) is 0 Å². The van der Waals surface area contributed by atoms with E-state index in [4.69, 9.17) is 9.47 Å². The molecule has 7 nitrogen and oxygen atoms in total. The van der Waals surface area contributed by atoms with Gasteiger partial charge in [-0.2, -0.15) is 4.31 Å². The molecule has 1 fully saturated rings. The van der Waals surface area contributed by atoms with Crippen LogP contribution >= 0.6 is 0 Å². The van der Waals surface area contributed by atoms with Gasteiger partial charge in [0.2, 0.25) is 10.0 Å². The molecule has 1 aliphatic rings. The van der Waals surface area contributed by atoms with Crippen molar-refractivity contribution in [1.29, 1.82) is 0 Å². The Morgan fingerprint density at radius 3 is 2.28 bits per heavy atom. The Bertz CT molecular complexity index is 1080. The first-order chi connectivity index (χ1) is 13.7. The van der Waals surface area contributed by atoms with Crippen molar-refractivity contribution in [2.45, 2.75) is 23.9 Å². The first-order valence-corrected chi connectivity index (χ1v) is 12.1. The predicted molar refractivity (Wildman–Crippen MR) is 106 cm³/mol. The van der Waals surface area contributed by atoms with Crippen molar-refractivity contribution >= 4 is 19.9 Å². The molecule has 1 unspecified atom stereocenters. The van der Waals surface area contributed by atoms with Gasteiger partial charge in [0.05, 0.1) is 30.6 Å². The summed E-state index contributed by atoms with van der Waals surface area (Å²) in [5.74, 6) is 0.0504. The van der Waals surface area contributed by atoms with E-state index in [0.29, 0.717) is 17.1 Å². The van der Waals surface area contributed by atoms with Crippen molar-refractivity contribution in [3.05, 3.63) is 53.8 Å². The van der Waals surface area contributed by atoms with Crippen molar-refractivity contribution < 1.29 is 30.7 Å². The molecule has 2 aromatic carbocycles. The van der Waals surface area contributed by atoms with E-state index in [1.54, 1.807) is 18.2 Å². The van der Waals surface area contributed by atoms with E-state index < -0.39 is 31.7 Å². The first-order valence-electron chi connectivity index (χ1n) is 8.85. The lowest BCUT2D eigenvalue weighted by molar-refractivity contribution is 0.331. The van der Waals surface area contributed by atoms with Crippen LogP contribution in [0.5, 0.6) is 11.5 Å². The molecule has 0 spiro atoms. The van der Waals surface area contributed by atoms with Crippen LogP contribution in [0.1, 0.15) is 12.0 Å². The van der Waals surface area contributed by atoms with Gasteiger partial charge in [0.25, 0.3) is 0 Å². The number of hydrogen-bond donors (Lipinski definition) is 0. The highest BCUT2D eigenvalue weighted by molar-refractivity contribution is 7.92. The molecule has 2 aromatic rings. The Morgan fingerprint density at radius 2 is 1.72 bits per heavy atom. The Balaban J connectivity index is 2.01. The van der Waals surface area contributed by atoms with Crippen molar-refractivity contribution in [2.24, 2.45) is 0 Å². The van der Waals surface area contributed by atoms with Crippen LogP contribution in [0.2, 0.25) is 0 Å². The fraction of sp³-hybridized carbons (Fsp3) is 0.368. The highest BCUT2D eigenvalue weighted by atomic mass is 32.2. The number of halogens is 1. The number of nitrogens with zero attached hydrogens (tertiary/aromatic N) is 1. The zero-order valence-corrected chi connectivity index (χ0v) is 17.7. The van der Waals surface area contributed by atoms with Gasteiger partial charge in [-0.15, -0.1) is 0 Å². The largest absolute Gasteiger partial charge is 0.493 e. The molecule has 158 valence electrons. The number of benzene rings is 2. The maximum Gasteiger partial charge on any atom is 0.243 e. The fourth-order valence-corrected chi connectivity index (χ4v) is 6.78. The zero-order chi connectivity index (χ0) is 21.2. The number of hydrogen-bond acceptors (Lipinski definition) is 6. The van der Waals surface area contributed by atoms with E-state index in [1.165, 1.54) is 30.7 Å². The van der Waals surface area contributed by atoms with Gasteiger partial charge in [0.15, 0.2) is 21.3 Å². The summed E-state index contributed by atoms with van der Waals surface area (Å²) in [5.41, 5.74) is 0.609. The smallest absolute Gasteiger partial charge is 0.243 e. The van der Waals surface area contributed by atoms with Crippen molar-refractivity contribution in [1.82, 2.24) is 4.31 Å². The van der Waals surface area contributed by atoms with E-state index in [1.807, 2.05) is 0 Å². The molecule has 1 saturated heterocycles. The molecule has 0 aliphatic carbocycles. The average Bonchev–Trinajstić information content (AvgIpc) is 3.05. The van der Waals surface area contributed by atoms with Gasteiger partial charge >= 0.3 is 0 Å². The highest BCUT2D eigenvalue weighted by Gasteiger charge is 2.39. The number of ether oxygens (including phenoxy) is 2. The first kappa shape index (κ1) is 21.5. The second-order valence-corrected chi connectivity index (χ2v) is 10.9. The normalized spacial score (nSPS) is 18.7. The number of rotatable bonds is 7. The third-order valence-corrected chi connectivity index (χ3v) is 8.49. The molecule has 10 heteroatoms. The van der Waals surface area contributed by atoms with E-state index in [-0.39, 0.29) is 29.4 Å². The van der Waals surface area contributed by atoms with Crippen LogP contribution < -0.4 is 9.47 Å². The molecular weight excluding hydrogens is 421 g/mol. The summed E-state index contributed by atoms with van der Waals surface area (Å²) in [4.78, 5) is -0.0938. The minimum Gasteiger partial charge on any atom is -0.493 e. The zero-order valence-electron chi connectivity index (χ0n) is 16.0. The lowest BCUT2D eigenvalue weighted by Gasteiger charge is -2.27. The molecule has 3 rings (SSSR count). The van der Waals surface area contributed by atoms with Gasteiger partial charge in [-0.1, -0.05) is 6.07 Å². The fourth-order valence-electron chi connectivity index (χ4n) is 3.31. The molecule has 0 radical (unpaired) electrons. The molecule has 1 atom stereocenters. The summed E-state index contributed by atoms with van der Waals surface area (Å²) in [6.45, 7) is -0.0553. The van der Waals surface area contributed by atoms with Gasteiger partial charge in [0, 0.05) is 12.6 Å². The van der Waals surface area contributed by atoms with Crippen molar-refractivity contribution in [3.63, 3.8) is 0 Å². The Labute approximate surface area is 170 Å². The van der Waals surface area contributed by atoms with Gasteiger partial charge in [-0.25, -0.2) is 21.2 Å². The second-order valence-electron chi connectivity index (χ2n) is 6.75. The third kappa shape index (κ3) is 4.71. The van der Waals surface area contributed by atoms with Gasteiger partial charge < -0.3 is 9.47 Å². The average molecular weight is 444 g/mol. The van der Waals surface area contributed by atoms with Crippen LogP contribution in [0, 0.1) is 5.82 Å². The minimum atomic E-state index is -4.05. The Kier molecular flexibility index (Phi) is 6.16. The van der Waals surface area contributed by atoms with Crippen molar-refractivity contribution in [2.75, 3.05) is 25.7 Å². The Hall–Kier alpha value is -2.17. The molecule has 0 bridgehead atoms. The monoisotopic (exact) mass is 443 g/mol. The summed E-state index contributed by atoms with van der Waals surface area (Å²) in [7, 11) is -4.41. The van der Waals surface area contributed by atoms with E-state index in [0.717, 1.165) is 12.1 Å². The summed E-state index contributed by atoms with van der Waals surface area (Å²) < 4.78 is 75.4. The summed E-state index contributed by atoms with van der Waals surface area (Å²) >= 11 is 0. The lowest BCUT2D eigenvalue weighted by Crippen LogP contribution is -2.40. The van der Waals surface area contributed by atoms with E-state index in [9.17, 15) is 21.2 Å². The quantitative estimate of drug-likeness (QED) is 0.652. The highest BCUT2D eigenvalue weighted by Crippen LogP contribution is 2.31. The van der Waals surface area contributed by atoms with E-state index >= 15 is 0 Å². The van der Waals surface area contributed by atoms with Crippen molar-refractivity contribution in [3.8, 4) is 11.5 Å². The molecule has 0 N–H and O–H groups in total. The Morgan fingerprint density at radius 1 is 1.07 bits per heavy atom. The minimum absolute atomic E-state index is 0.0553. The predicted octanol–water partition coefficient (Wildman–Crippen LogP) is 2.22. The third-order valence-electron chi connectivity index (χ3n) is 4.82. The molecule has 29 heavy (non-hydrogen) atoms. The number of sulfone groups is 1. The molecule has 1 aliphatic heterocycles. The van der Waals surface area contributed by atoms with Crippen LogP contribution in [-0.4, -0.2) is 52.9 Å². The standard InChI is InChI=1S/C19H22FNO6S2/c1-26-18-8-3-14(11-19(18)27-2)12-21(16-9-10-28(22,23)13-16)29(24,25)17-6-4-15(20)5-7-17/h3-8,11,16H,9-10,12-13H2,1-2H3. The van der Waals surface area contributed by atoms with Crippen LogP contribution in [0.3, 0.4) is 0 Å². The van der Waals surface area contributed by atoms with Crippen LogP contribution in [0.15, 0.2) is 47.4 Å². The maximum absolute atomic E-state index is 13.3. The number of methoxy groups -OCH3 is 2. The molecule has 1 heterocycles. The van der Waals surface area contributed by atoms with Crippen LogP contribution in [-0.2, 0) is 26.4 Å². The number of sulfonamides is 1.